The quantitative estimate of drug-likeness (QED) is 0.444. The van der Waals surface area contributed by atoms with Crippen LogP contribution in [0.2, 0.25) is 0 Å². The molecular weight excluding hydrogens is 306 g/mol. The highest BCUT2D eigenvalue weighted by atomic mass is 19.4. The molecule has 1 rings (SSSR count). The Balaban J connectivity index is 3.49. The number of hydrogen-bond donors (Lipinski definition) is 0. The van der Waals surface area contributed by atoms with E-state index in [1.807, 2.05) is 0 Å². The van der Waals surface area contributed by atoms with Gasteiger partial charge in [0.25, 0.3) is 0 Å². The molecule has 0 amide bonds. The number of benzene rings is 1. The average molecular weight is 322 g/mol. The molecule has 22 heavy (non-hydrogen) atoms. The number of hydrogen-bond acceptors (Lipinski definition) is 0. The third-order valence-electron chi connectivity index (χ3n) is 3.09. The molecule has 1 aromatic carbocycles. The zero-order valence-corrected chi connectivity index (χ0v) is 12.1. The summed E-state index contributed by atoms with van der Waals surface area (Å²) >= 11 is 0. The molecule has 6 heteroatoms. The number of unbranched alkanes of at least 4 members (excludes halogenated alkanes) is 1. The van der Waals surface area contributed by atoms with Crippen molar-refractivity contribution in [3.8, 4) is 0 Å². The van der Waals surface area contributed by atoms with Gasteiger partial charge in [0.1, 0.15) is 0 Å². The van der Waals surface area contributed by atoms with Crippen LogP contribution in [-0.2, 0) is 6.18 Å². The maximum absolute atomic E-state index is 13.1. The van der Waals surface area contributed by atoms with Gasteiger partial charge in [0.2, 0.25) is 0 Å². The molecule has 0 aliphatic rings. The average Bonchev–Trinajstić information content (AvgIpc) is 2.40. The Bertz CT molecular complexity index is 561. The second kappa shape index (κ2) is 7.03. The minimum Gasteiger partial charge on any atom is -0.166 e. The second-order valence-electron chi connectivity index (χ2n) is 4.77. The van der Waals surface area contributed by atoms with E-state index in [0.717, 1.165) is 31.2 Å². The van der Waals surface area contributed by atoms with Crippen LogP contribution in [0.15, 0.2) is 42.0 Å². The Labute approximate surface area is 125 Å². The van der Waals surface area contributed by atoms with Crippen LogP contribution in [0.3, 0.4) is 0 Å². The third-order valence-corrected chi connectivity index (χ3v) is 3.09. The van der Waals surface area contributed by atoms with E-state index in [0.29, 0.717) is 12.8 Å². The molecule has 0 fully saturated rings. The Morgan fingerprint density at radius 3 is 2.14 bits per heavy atom. The lowest BCUT2D eigenvalue weighted by atomic mass is 9.95. The molecule has 122 valence electrons. The maximum Gasteiger partial charge on any atom is 0.416 e. The summed E-state index contributed by atoms with van der Waals surface area (Å²) in [5.74, 6) is 0. The van der Waals surface area contributed by atoms with E-state index in [9.17, 15) is 26.3 Å². The van der Waals surface area contributed by atoms with Gasteiger partial charge in [-0.2, -0.15) is 26.3 Å². The van der Waals surface area contributed by atoms with E-state index in [-0.39, 0.29) is 0 Å². The molecule has 0 radical (unpaired) electrons. The molecule has 0 aromatic heterocycles. The van der Waals surface area contributed by atoms with Crippen LogP contribution in [0, 0.1) is 0 Å². The smallest absolute Gasteiger partial charge is 0.166 e. The Morgan fingerprint density at radius 1 is 1.05 bits per heavy atom. The van der Waals surface area contributed by atoms with Gasteiger partial charge in [-0.1, -0.05) is 43.7 Å². The fourth-order valence-corrected chi connectivity index (χ4v) is 2.00. The van der Waals surface area contributed by atoms with E-state index >= 15 is 0 Å². The fourth-order valence-electron chi connectivity index (χ4n) is 2.00. The van der Waals surface area contributed by atoms with E-state index in [4.69, 9.17) is 0 Å². The number of rotatable bonds is 4. The third kappa shape index (κ3) is 4.64. The maximum atomic E-state index is 13.1. The molecule has 0 spiro atoms. The SMILES string of the molecule is CCC/C=C\C(=C(/C)c1ccccc1C(F)(F)F)C(F)(F)F. The van der Waals surface area contributed by atoms with E-state index < -0.39 is 34.6 Å². The van der Waals surface area contributed by atoms with E-state index in [2.05, 4.69) is 0 Å². The van der Waals surface area contributed by atoms with Crippen molar-refractivity contribution in [2.75, 3.05) is 0 Å². The van der Waals surface area contributed by atoms with Crippen LogP contribution in [0.4, 0.5) is 26.3 Å². The molecule has 0 N–H and O–H groups in total. The molecule has 0 nitrogen and oxygen atoms in total. The monoisotopic (exact) mass is 322 g/mol. The van der Waals surface area contributed by atoms with Crippen molar-refractivity contribution in [2.24, 2.45) is 0 Å². The Kier molecular flexibility index (Phi) is 5.85. The highest BCUT2D eigenvalue weighted by Gasteiger charge is 2.37. The summed E-state index contributed by atoms with van der Waals surface area (Å²) in [7, 11) is 0. The summed E-state index contributed by atoms with van der Waals surface area (Å²) in [5, 5.41) is 0. The zero-order valence-electron chi connectivity index (χ0n) is 12.1. The first-order valence-electron chi connectivity index (χ1n) is 6.70. The Hall–Kier alpha value is -1.72. The minimum absolute atomic E-state index is 0.424. The van der Waals surface area contributed by atoms with Gasteiger partial charge in [-0.15, -0.1) is 0 Å². The first kappa shape index (κ1) is 18.3. The largest absolute Gasteiger partial charge is 0.416 e. The van der Waals surface area contributed by atoms with Crippen LogP contribution in [0.5, 0.6) is 0 Å². The molecule has 1 aromatic rings. The molecule has 0 atom stereocenters. The summed E-state index contributed by atoms with van der Waals surface area (Å²) in [6.07, 6.45) is -6.17. The molecule has 0 aliphatic heterocycles. The van der Waals surface area contributed by atoms with Gasteiger partial charge in [-0.3, -0.25) is 0 Å². The van der Waals surface area contributed by atoms with Gasteiger partial charge in [0.15, 0.2) is 0 Å². The van der Waals surface area contributed by atoms with E-state index in [1.165, 1.54) is 12.1 Å². The van der Waals surface area contributed by atoms with Crippen LogP contribution in [-0.4, -0.2) is 6.18 Å². The summed E-state index contributed by atoms with van der Waals surface area (Å²) < 4.78 is 78.2. The van der Waals surface area contributed by atoms with Crippen molar-refractivity contribution < 1.29 is 26.3 Å². The zero-order chi connectivity index (χ0) is 17.0. The summed E-state index contributed by atoms with van der Waals surface area (Å²) in [5.41, 5.74) is -3.02. The number of halogens is 6. The van der Waals surface area contributed by atoms with Gasteiger partial charge in [0.05, 0.1) is 11.1 Å². The van der Waals surface area contributed by atoms with Crippen LogP contribution in [0.25, 0.3) is 5.57 Å². The summed E-state index contributed by atoms with van der Waals surface area (Å²) in [6, 6.07) is 4.28. The molecule has 0 saturated carbocycles. The predicted octanol–water partition coefficient (Wildman–Crippen LogP) is 6.40. The van der Waals surface area contributed by atoms with Crippen LogP contribution in [0.1, 0.15) is 37.8 Å². The first-order valence-corrected chi connectivity index (χ1v) is 6.70. The highest BCUT2D eigenvalue weighted by Crippen LogP contribution is 2.39. The lowest BCUT2D eigenvalue weighted by molar-refractivity contribution is -0.137. The van der Waals surface area contributed by atoms with Crippen molar-refractivity contribution in [1.82, 2.24) is 0 Å². The summed E-state index contributed by atoms with van der Waals surface area (Å²) in [4.78, 5) is 0. The van der Waals surface area contributed by atoms with Gasteiger partial charge in [-0.25, -0.2) is 0 Å². The second-order valence-corrected chi connectivity index (χ2v) is 4.77. The minimum atomic E-state index is -4.72. The molecule has 0 saturated heterocycles. The van der Waals surface area contributed by atoms with E-state index in [1.54, 1.807) is 6.92 Å². The molecule has 0 heterocycles. The van der Waals surface area contributed by atoms with Crippen molar-refractivity contribution in [1.29, 1.82) is 0 Å². The number of allylic oxidation sites excluding steroid dienone is 4. The standard InChI is InChI=1S/C16H16F6/c1-3-4-5-9-13(15(17,18)19)11(2)12-8-6-7-10-14(12)16(20,21)22/h5-10H,3-4H2,1-2H3/b9-5-,13-11-. The Morgan fingerprint density at radius 2 is 1.64 bits per heavy atom. The van der Waals surface area contributed by atoms with Crippen LogP contribution >= 0.6 is 0 Å². The van der Waals surface area contributed by atoms with Crippen molar-refractivity contribution in [3.05, 3.63) is 53.1 Å². The topological polar surface area (TPSA) is 0 Å². The van der Waals surface area contributed by atoms with Crippen molar-refractivity contribution >= 4 is 5.57 Å². The highest BCUT2D eigenvalue weighted by molar-refractivity contribution is 5.73. The van der Waals surface area contributed by atoms with Gasteiger partial charge >= 0.3 is 12.4 Å². The van der Waals surface area contributed by atoms with Gasteiger partial charge < -0.3 is 0 Å². The number of alkyl halides is 6. The van der Waals surface area contributed by atoms with Crippen molar-refractivity contribution in [2.45, 2.75) is 39.0 Å². The molecular formula is C16H16F6. The lowest BCUT2D eigenvalue weighted by Gasteiger charge is -2.17. The normalized spacial score (nSPS) is 14.4. The molecule has 0 aliphatic carbocycles. The lowest BCUT2D eigenvalue weighted by Crippen LogP contribution is -2.14. The van der Waals surface area contributed by atoms with Gasteiger partial charge in [0, 0.05) is 0 Å². The molecule has 0 unspecified atom stereocenters. The van der Waals surface area contributed by atoms with Gasteiger partial charge in [-0.05, 0) is 30.5 Å². The molecule has 0 bridgehead atoms. The predicted molar refractivity (Wildman–Crippen MR) is 74.1 cm³/mol. The first-order chi connectivity index (χ1) is 10.1. The van der Waals surface area contributed by atoms with Crippen LogP contribution < -0.4 is 0 Å². The van der Waals surface area contributed by atoms with Crippen molar-refractivity contribution in [3.63, 3.8) is 0 Å². The summed E-state index contributed by atoms with van der Waals surface area (Å²) in [6.45, 7) is 2.86. The fraction of sp³-hybridized carbons (Fsp3) is 0.375.